The Morgan fingerprint density at radius 3 is 1.93 bits per heavy atom. The largest absolute Gasteiger partial charge is 0.345 e. The Bertz CT molecular complexity index is 422. The number of nitrogens with zero attached hydrogens (tertiary/aromatic N) is 1. The standard InChI is InChI=1S/C13H12BrN/c1-15(12-5-3-2-4-6-12)13-9-7-11(14)8-10-13/h2-10H,1H3. The van der Waals surface area contributed by atoms with E-state index in [0.717, 1.165) is 4.47 Å². The van der Waals surface area contributed by atoms with Crippen molar-refractivity contribution in [1.82, 2.24) is 0 Å². The van der Waals surface area contributed by atoms with Crippen molar-refractivity contribution in [2.24, 2.45) is 0 Å². The molecule has 2 heteroatoms. The molecule has 0 aliphatic heterocycles. The fraction of sp³-hybridized carbons (Fsp3) is 0.0769. The van der Waals surface area contributed by atoms with Gasteiger partial charge in [-0.1, -0.05) is 34.1 Å². The summed E-state index contributed by atoms with van der Waals surface area (Å²) in [5.41, 5.74) is 2.38. The van der Waals surface area contributed by atoms with Gasteiger partial charge in [0.1, 0.15) is 0 Å². The minimum atomic E-state index is 1.10. The fourth-order valence-corrected chi connectivity index (χ4v) is 1.73. The van der Waals surface area contributed by atoms with Crippen LogP contribution in [0.25, 0.3) is 0 Å². The lowest BCUT2D eigenvalue weighted by Gasteiger charge is -2.19. The Labute approximate surface area is 98.5 Å². The van der Waals surface area contributed by atoms with E-state index in [1.165, 1.54) is 11.4 Å². The van der Waals surface area contributed by atoms with Crippen molar-refractivity contribution in [2.45, 2.75) is 0 Å². The van der Waals surface area contributed by atoms with E-state index >= 15 is 0 Å². The van der Waals surface area contributed by atoms with Crippen molar-refractivity contribution in [3.05, 3.63) is 59.1 Å². The van der Waals surface area contributed by atoms with E-state index in [1.807, 2.05) is 18.2 Å². The molecule has 15 heavy (non-hydrogen) atoms. The highest BCUT2D eigenvalue weighted by Gasteiger charge is 2.01. The van der Waals surface area contributed by atoms with Crippen LogP contribution in [-0.4, -0.2) is 7.05 Å². The molecule has 76 valence electrons. The number of rotatable bonds is 2. The highest BCUT2D eigenvalue weighted by Crippen LogP contribution is 2.24. The second-order valence-corrected chi connectivity index (χ2v) is 4.29. The summed E-state index contributed by atoms with van der Waals surface area (Å²) in [4.78, 5) is 2.16. The molecule has 1 nitrogen and oxygen atoms in total. The fourth-order valence-electron chi connectivity index (χ4n) is 1.47. The SMILES string of the molecule is CN(c1ccccc1)c1ccc(Br)cc1. The Balaban J connectivity index is 2.29. The monoisotopic (exact) mass is 261 g/mol. The first-order chi connectivity index (χ1) is 7.27. The first-order valence-corrected chi connectivity index (χ1v) is 5.61. The predicted molar refractivity (Wildman–Crippen MR) is 68.6 cm³/mol. The predicted octanol–water partition coefficient (Wildman–Crippen LogP) is 4.22. The topological polar surface area (TPSA) is 3.24 Å². The maximum atomic E-state index is 3.43. The molecule has 2 aromatic carbocycles. The maximum absolute atomic E-state index is 3.43. The van der Waals surface area contributed by atoms with Gasteiger partial charge >= 0.3 is 0 Å². The van der Waals surface area contributed by atoms with Crippen LogP contribution in [0.5, 0.6) is 0 Å². The summed E-state index contributed by atoms with van der Waals surface area (Å²) in [7, 11) is 2.07. The summed E-state index contributed by atoms with van der Waals surface area (Å²) >= 11 is 3.43. The first-order valence-electron chi connectivity index (χ1n) is 4.82. The van der Waals surface area contributed by atoms with Crippen LogP contribution >= 0.6 is 15.9 Å². The molecule has 0 atom stereocenters. The number of halogens is 1. The number of para-hydroxylation sites is 1. The van der Waals surface area contributed by atoms with Gasteiger partial charge in [0.25, 0.3) is 0 Å². The van der Waals surface area contributed by atoms with E-state index < -0.39 is 0 Å². The van der Waals surface area contributed by atoms with E-state index in [1.54, 1.807) is 0 Å². The Hall–Kier alpha value is -1.28. The van der Waals surface area contributed by atoms with Crippen molar-refractivity contribution in [2.75, 3.05) is 11.9 Å². The van der Waals surface area contributed by atoms with Crippen molar-refractivity contribution in [3.63, 3.8) is 0 Å². The third-order valence-corrected chi connectivity index (χ3v) is 2.89. The van der Waals surface area contributed by atoms with Gasteiger partial charge in [-0.25, -0.2) is 0 Å². The molecule has 0 aliphatic carbocycles. The minimum Gasteiger partial charge on any atom is -0.345 e. The molecular formula is C13H12BrN. The Morgan fingerprint density at radius 2 is 1.33 bits per heavy atom. The maximum Gasteiger partial charge on any atom is 0.0408 e. The van der Waals surface area contributed by atoms with Crippen molar-refractivity contribution >= 4 is 27.3 Å². The van der Waals surface area contributed by atoms with Crippen LogP contribution in [0, 0.1) is 0 Å². The molecule has 2 aromatic rings. The molecule has 0 N–H and O–H groups in total. The van der Waals surface area contributed by atoms with Crippen molar-refractivity contribution < 1.29 is 0 Å². The summed E-state index contributed by atoms with van der Waals surface area (Å²) in [6, 6.07) is 18.6. The quantitative estimate of drug-likeness (QED) is 0.783. The number of benzene rings is 2. The molecule has 0 saturated heterocycles. The molecule has 0 bridgehead atoms. The molecule has 2 rings (SSSR count). The molecule has 0 heterocycles. The van der Waals surface area contributed by atoms with Gasteiger partial charge < -0.3 is 4.90 Å². The third kappa shape index (κ3) is 2.39. The van der Waals surface area contributed by atoms with E-state index in [2.05, 4.69) is 64.3 Å². The van der Waals surface area contributed by atoms with Gasteiger partial charge in [0.2, 0.25) is 0 Å². The summed E-state index contributed by atoms with van der Waals surface area (Å²) in [5.74, 6) is 0. The van der Waals surface area contributed by atoms with Crippen LogP contribution in [-0.2, 0) is 0 Å². The van der Waals surface area contributed by atoms with Crippen molar-refractivity contribution in [3.8, 4) is 0 Å². The zero-order chi connectivity index (χ0) is 10.7. The van der Waals surface area contributed by atoms with Crippen LogP contribution in [0.3, 0.4) is 0 Å². The molecule has 0 unspecified atom stereocenters. The Kier molecular flexibility index (Phi) is 3.07. The first kappa shape index (κ1) is 10.2. The van der Waals surface area contributed by atoms with E-state index in [4.69, 9.17) is 0 Å². The van der Waals surface area contributed by atoms with Gasteiger partial charge in [-0.3, -0.25) is 0 Å². The zero-order valence-corrected chi connectivity index (χ0v) is 10.1. The lowest BCUT2D eigenvalue weighted by atomic mass is 10.2. The molecular weight excluding hydrogens is 250 g/mol. The van der Waals surface area contributed by atoms with Crippen molar-refractivity contribution in [1.29, 1.82) is 0 Å². The summed E-state index contributed by atoms with van der Waals surface area (Å²) in [6.45, 7) is 0. The van der Waals surface area contributed by atoms with Gasteiger partial charge in [-0.05, 0) is 36.4 Å². The normalized spacial score (nSPS) is 10.0. The highest BCUT2D eigenvalue weighted by atomic mass is 79.9. The third-order valence-electron chi connectivity index (χ3n) is 2.36. The number of hydrogen-bond donors (Lipinski definition) is 0. The second-order valence-electron chi connectivity index (χ2n) is 3.37. The van der Waals surface area contributed by atoms with Crippen LogP contribution in [0.2, 0.25) is 0 Å². The smallest absolute Gasteiger partial charge is 0.0408 e. The zero-order valence-electron chi connectivity index (χ0n) is 8.52. The number of hydrogen-bond acceptors (Lipinski definition) is 1. The van der Waals surface area contributed by atoms with Crippen LogP contribution in [0.1, 0.15) is 0 Å². The average Bonchev–Trinajstić information content (AvgIpc) is 2.30. The molecule has 0 fully saturated rings. The summed E-state index contributed by atoms with van der Waals surface area (Å²) < 4.78 is 1.10. The average molecular weight is 262 g/mol. The van der Waals surface area contributed by atoms with Gasteiger partial charge in [0.05, 0.1) is 0 Å². The van der Waals surface area contributed by atoms with Crippen LogP contribution in [0.15, 0.2) is 59.1 Å². The van der Waals surface area contributed by atoms with Gasteiger partial charge in [-0.2, -0.15) is 0 Å². The van der Waals surface area contributed by atoms with E-state index in [-0.39, 0.29) is 0 Å². The molecule has 0 aromatic heterocycles. The minimum absolute atomic E-state index is 1.10. The molecule has 0 aliphatic rings. The van der Waals surface area contributed by atoms with Gasteiger partial charge in [0, 0.05) is 22.9 Å². The lowest BCUT2D eigenvalue weighted by molar-refractivity contribution is 1.21. The Morgan fingerprint density at radius 1 is 0.800 bits per heavy atom. The van der Waals surface area contributed by atoms with Gasteiger partial charge in [-0.15, -0.1) is 0 Å². The van der Waals surface area contributed by atoms with Gasteiger partial charge in [0.15, 0.2) is 0 Å². The molecule has 0 amide bonds. The van der Waals surface area contributed by atoms with E-state index in [0.29, 0.717) is 0 Å². The van der Waals surface area contributed by atoms with Crippen LogP contribution in [0.4, 0.5) is 11.4 Å². The summed E-state index contributed by atoms with van der Waals surface area (Å²) in [5, 5.41) is 0. The van der Waals surface area contributed by atoms with E-state index in [9.17, 15) is 0 Å². The molecule has 0 saturated carbocycles. The summed E-state index contributed by atoms with van der Waals surface area (Å²) in [6.07, 6.45) is 0. The lowest BCUT2D eigenvalue weighted by Crippen LogP contribution is -2.08. The van der Waals surface area contributed by atoms with Crippen LogP contribution < -0.4 is 4.90 Å². The number of anilines is 2. The molecule has 0 radical (unpaired) electrons. The molecule has 0 spiro atoms. The second kappa shape index (κ2) is 4.49. The highest BCUT2D eigenvalue weighted by molar-refractivity contribution is 9.10.